The fourth-order valence-electron chi connectivity index (χ4n) is 1.25. The van der Waals surface area contributed by atoms with Crippen molar-refractivity contribution >= 4 is 33.1 Å². The number of rotatable bonds is 1. The number of benzene rings is 1. The topological polar surface area (TPSA) is 63.3 Å². The van der Waals surface area contributed by atoms with Gasteiger partial charge in [-0.05, 0) is 23.6 Å². The number of aromatic carboxylic acids is 1. The summed E-state index contributed by atoms with van der Waals surface area (Å²) in [5.41, 5.74) is 6.22. The standard InChI is InChI=1S/C9H7NO2S/c10-8-5-3-4-13-7(5)2-1-6(8)9(11)12/h1-4H,10H2,(H,11,12). The fraction of sp³-hybridized carbons (Fsp3) is 0. The van der Waals surface area contributed by atoms with E-state index >= 15 is 0 Å². The summed E-state index contributed by atoms with van der Waals surface area (Å²) in [5.74, 6) is -0.981. The van der Waals surface area contributed by atoms with Crippen molar-refractivity contribution in [1.29, 1.82) is 0 Å². The molecule has 0 bridgehead atoms. The Kier molecular flexibility index (Phi) is 1.70. The van der Waals surface area contributed by atoms with E-state index in [2.05, 4.69) is 0 Å². The Morgan fingerprint density at radius 1 is 1.38 bits per heavy atom. The summed E-state index contributed by atoms with van der Waals surface area (Å²) in [6.07, 6.45) is 0. The molecule has 0 aliphatic heterocycles. The van der Waals surface area contributed by atoms with Gasteiger partial charge in [0, 0.05) is 10.1 Å². The average molecular weight is 193 g/mol. The summed E-state index contributed by atoms with van der Waals surface area (Å²) in [5, 5.41) is 11.5. The van der Waals surface area contributed by atoms with Gasteiger partial charge in [0.2, 0.25) is 0 Å². The van der Waals surface area contributed by atoms with Gasteiger partial charge in [-0.3, -0.25) is 0 Å². The molecule has 3 N–H and O–H groups in total. The van der Waals surface area contributed by atoms with Crippen molar-refractivity contribution in [2.24, 2.45) is 0 Å². The van der Waals surface area contributed by atoms with E-state index in [9.17, 15) is 4.79 Å². The maximum absolute atomic E-state index is 10.7. The molecule has 0 saturated carbocycles. The molecule has 0 aliphatic carbocycles. The first kappa shape index (κ1) is 8.07. The molecule has 0 spiro atoms. The normalized spacial score (nSPS) is 10.5. The largest absolute Gasteiger partial charge is 0.478 e. The van der Waals surface area contributed by atoms with E-state index in [4.69, 9.17) is 10.8 Å². The van der Waals surface area contributed by atoms with Gasteiger partial charge >= 0.3 is 5.97 Å². The van der Waals surface area contributed by atoms with Crippen molar-refractivity contribution in [3.05, 3.63) is 29.1 Å². The predicted molar refractivity (Wildman–Crippen MR) is 53.2 cm³/mol. The molecular formula is C9H7NO2S. The molecule has 2 aromatic rings. The highest BCUT2D eigenvalue weighted by molar-refractivity contribution is 7.17. The summed E-state index contributed by atoms with van der Waals surface area (Å²) >= 11 is 1.55. The number of thiophene rings is 1. The Bertz CT molecular complexity index is 475. The van der Waals surface area contributed by atoms with Crippen LogP contribution in [-0.4, -0.2) is 11.1 Å². The molecule has 1 heterocycles. The summed E-state index contributed by atoms with van der Waals surface area (Å²) < 4.78 is 1.02. The van der Waals surface area contributed by atoms with E-state index < -0.39 is 5.97 Å². The van der Waals surface area contributed by atoms with E-state index in [1.54, 1.807) is 17.4 Å². The second-order valence-electron chi connectivity index (χ2n) is 2.66. The lowest BCUT2D eigenvalue weighted by Crippen LogP contribution is -2.01. The van der Waals surface area contributed by atoms with E-state index in [1.165, 1.54) is 6.07 Å². The van der Waals surface area contributed by atoms with Crippen molar-refractivity contribution in [2.45, 2.75) is 0 Å². The van der Waals surface area contributed by atoms with Crippen LogP contribution in [0.1, 0.15) is 10.4 Å². The minimum absolute atomic E-state index is 0.172. The van der Waals surface area contributed by atoms with Crippen LogP contribution >= 0.6 is 11.3 Å². The monoisotopic (exact) mass is 193 g/mol. The van der Waals surface area contributed by atoms with Gasteiger partial charge in [0.25, 0.3) is 0 Å². The number of nitrogens with two attached hydrogens (primary N) is 1. The van der Waals surface area contributed by atoms with Crippen molar-refractivity contribution in [1.82, 2.24) is 0 Å². The number of hydrogen-bond acceptors (Lipinski definition) is 3. The number of fused-ring (bicyclic) bond motifs is 1. The molecule has 13 heavy (non-hydrogen) atoms. The molecule has 66 valence electrons. The van der Waals surface area contributed by atoms with Crippen molar-refractivity contribution in [3.63, 3.8) is 0 Å². The van der Waals surface area contributed by atoms with E-state index in [0.717, 1.165) is 10.1 Å². The lowest BCUT2D eigenvalue weighted by Gasteiger charge is -2.00. The Morgan fingerprint density at radius 3 is 2.85 bits per heavy atom. The van der Waals surface area contributed by atoms with Crippen LogP contribution in [0, 0.1) is 0 Å². The maximum atomic E-state index is 10.7. The average Bonchev–Trinajstić information content (AvgIpc) is 2.52. The highest BCUT2D eigenvalue weighted by atomic mass is 32.1. The molecule has 0 aliphatic rings. The molecule has 0 amide bonds. The van der Waals surface area contributed by atoms with Crippen LogP contribution in [0.3, 0.4) is 0 Å². The SMILES string of the molecule is Nc1c(C(=O)O)ccc2sccc12. The number of carboxylic acids is 1. The first-order chi connectivity index (χ1) is 6.20. The van der Waals surface area contributed by atoms with Crippen LogP contribution in [-0.2, 0) is 0 Å². The number of carbonyl (C=O) groups is 1. The molecule has 3 nitrogen and oxygen atoms in total. The summed E-state index contributed by atoms with van der Waals surface area (Å²) in [6, 6.07) is 5.15. The van der Waals surface area contributed by atoms with Crippen molar-refractivity contribution in [3.8, 4) is 0 Å². The zero-order chi connectivity index (χ0) is 9.42. The van der Waals surface area contributed by atoms with Crippen LogP contribution in [0.25, 0.3) is 10.1 Å². The van der Waals surface area contributed by atoms with Gasteiger partial charge in [-0.15, -0.1) is 11.3 Å². The van der Waals surface area contributed by atoms with E-state index in [-0.39, 0.29) is 5.56 Å². The maximum Gasteiger partial charge on any atom is 0.337 e. The smallest absolute Gasteiger partial charge is 0.337 e. The van der Waals surface area contributed by atoms with Gasteiger partial charge < -0.3 is 10.8 Å². The van der Waals surface area contributed by atoms with Crippen LogP contribution in [0.4, 0.5) is 5.69 Å². The van der Waals surface area contributed by atoms with E-state index in [1.807, 2.05) is 11.4 Å². The molecule has 2 rings (SSSR count). The Balaban J connectivity index is 2.80. The molecular weight excluding hydrogens is 186 g/mol. The molecule has 0 saturated heterocycles. The van der Waals surface area contributed by atoms with Crippen LogP contribution in [0.2, 0.25) is 0 Å². The minimum Gasteiger partial charge on any atom is -0.478 e. The second kappa shape index (κ2) is 2.74. The lowest BCUT2D eigenvalue weighted by molar-refractivity contribution is 0.0698. The van der Waals surface area contributed by atoms with Crippen molar-refractivity contribution < 1.29 is 9.90 Å². The third kappa shape index (κ3) is 1.15. The lowest BCUT2D eigenvalue weighted by atomic mass is 10.1. The quantitative estimate of drug-likeness (QED) is 0.682. The third-order valence-electron chi connectivity index (χ3n) is 1.91. The summed E-state index contributed by atoms with van der Waals surface area (Å²) in [6.45, 7) is 0. The summed E-state index contributed by atoms with van der Waals surface area (Å²) in [7, 11) is 0. The number of anilines is 1. The van der Waals surface area contributed by atoms with Gasteiger partial charge in [0.1, 0.15) is 0 Å². The first-order valence-corrected chi connectivity index (χ1v) is 4.57. The highest BCUT2D eigenvalue weighted by Crippen LogP contribution is 2.28. The van der Waals surface area contributed by atoms with Crippen LogP contribution in [0.5, 0.6) is 0 Å². The zero-order valence-electron chi connectivity index (χ0n) is 6.65. The third-order valence-corrected chi connectivity index (χ3v) is 2.79. The Labute approximate surface area is 78.4 Å². The van der Waals surface area contributed by atoms with Gasteiger partial charge in [0.15, 0.2) is 0 Å². The summed E-state index contributed by atoms with van der Waals surface area (Å²) in [4.78, 5) is 10.7. The van der Waals surface area contributed by atoms with Gasteiger partial charge in [-0.25, -0.2) is 4.79 Å². The highest BCUT2D eigenvalue weighted by Gasteiger charge is 2.10. The van der Waals surface area contributed by atoms with Crippen LogP contribution < -0.4 is 5.73 Å². The molecule has 1 aromatic carbocycles. The van der Waals surface area contributed by atoms with Crippen molar-refractivity contribution in [2.75, 3.05) is 5.73 Å². The Hall–Kier alpha value is -1.55. The van der Waals surface area contributed by atoms with Gasteiger partial charge in [0.05, 0.1) is 11.3 Å². The van der Waals surface area contributed by atoms with E-state index in [0.29, 0.717) is 5.69 Å². The molecule has 0 unspecified atom stereocenters. The molecule has 0 fully saturated rings. The zero-order valence-corrected chi connectivity index (χ0v) is 7.47. The first-order valence-electron chi connectivity index (χ1n) is 3.69. The minimum atomic E-state index is -0.981. The molecule has 0 radical (unpaired) electrons. The molecule has 1 aromatic heterocycles. The predicted octanol–water partition coefficient (Wildman–Crippen LogP) is 2.18. The molecule has 4 heteroatoms. The molecule has 0 atom stereocenters. The number of nitrogen functional groups attached to an aromatic ring is 1. The fourth-order valence-corrected chi connectivity index (χ4v) is 2.06. The number of carboxylic acid groups (broad SMARTS) is 1. The van der Waals surface area contributed by atoms with Crippen LogP contribution in [0.15, 0.2) is 23.6 Å². The Morgan fingerprint density at radius 2 is 2.15 bits per heavy atom. The van der Waals surface area contributed by atoms with Gasteiger partial charge in [-0.1, -0.05) is 0 Å². The van der Waals surface area contributed by atoms with Gasteiger partial charge in [-0.2, -0.15) is 0 Å². The number of hydrogen-bond donors (Lipinski definition) is 2. The second-order valence-corrected chi connectivity index (χ2v) is 3.61.